The fraction of sp³-hybridized carbons (Fsp3) is 0.636. The quantitative estimate of drug-likeness (QED) is 0.806. The van der Waals surface area contributed by atoms with Crippen LogP contribution in [0.25, 0.3) is 0 Å². The number of hydrogen-bond acceptors (Lipinski definition) is 3. The zero-order valence-corrected chi connectivity index (χ0v) is 10.1. The molecule has 0 aromatic carbocycles. The van der Waals surface area contributed by atoms with Crippen LogP contribution in [0.15, 0.2) is 12.5 Å². The number of carbonyl (C=O) groups excluding carboxylic acids is 1. The van der Waals surface area contributed by atoms with E-state index in [0.717, 1.165) is 0 Å². The number of amides is 1. The van der Waals surface area contributed by atoms with Gasteiger partial charge in [-0.05, 0) is 20.8 Å². The number of hydrogen-bond donors (Lipinski definition) is 1. The van der Waals surface area contributed by atoms with Crippen molar-refractivity contribution >= 4 is 5.91 Å². The number of likely N-dealkylation sites (N-methyl/N-ethyl adjacent to an activating group) is 1. The van der Waals surface area contributed by atoms with Gasteiger partial charge in [0.2, 0.25) is 5.91 Å². The second kappa shape index (κ2) is 5.65. The lowest BCUT2D eigenvalue weighted by molar-refractivity contribution is -0.133. The fourth-order valence-corrected chi connectivity index (χ4v) is 1.72. The van der Waals surface area contributed by atoms with Gasteiger partial charge in [-0.3, -0.25) is 4.79 Å². The van der Waals surface area contributed by atoms with Crippen molar-refractivity contribution in [3.8, 4) is 0 Å². The van der Waals surface area contributed by atoms with E-state index in [-0.39, 0.29) is 18.6 Å². The van der Waals surface area contributed by atoms with E-state index in [2.05, 4.69) is 4.98 Å². The molecule has 1 aromatic heterocycles. The summed E-state index contributed by atoms with van der Waals surface area (Å²) in [5, 5.41) is 9.11. The van der Waals surface area contributed by atoms with Gasteiger partial charge in [-0.1, -0.05) is 0 Å². The number of aromatic nitrogens is 2. The summed E-state index contributed by atoms with van der Waals surface area (Å²) in [5.74, 6) is 0.0534. The largest absolute Gasteiger partial charge is 0.390 e. The maximum absolute atomic E-state index is 12.1. The Kier molecular flexibility index (Phi) is 4.49. The number of imidazole rings is 1. The number of aliphatic hydroxyl groups is 1. The summed E-state index contributed by atoms with van der Waals surface area (Å²) in [6, 6.07) is -0.315. The van der Waals surface area contributed by atoms with Crippen LogP contribution < -0.4 is 0 Å². The summed E-state index contributed by atoms with van der Waals surface area (Å²) < 4.78 is 1.71. The van der Waals surface area contributed by atoms with Crippen LogP contribution in [0.2, 0.25) is 0 Å². The van der Waals surface area contributed by atoms with Crippen LogP contribution in [0, 0.1) is 0 Å². The zero-order chi connectivity index (χ0) is 12.1. The van der Waals surface area contributed by atoms with E-state index in [1.165, 1.54) is 0 Å². The van der Waals surface area contributed by atoms with Gasteiger partial charge >= 0.3 is 0 Å². The number of carbonyl (C=O) groups is 1. The van der Waals surface area contributed by atoms with Crippen molar-refractivity contribution in [3.05, 3.63) is 18.2 Å². The SMILES string of the molecule is CCN(CC)C(=O)C(C)n1cncc1CO. The molecule has 5 nitrogen and oxygen atoms in total. The summed E-state index contributed by atoms with van der Waals surface area (Å²) in [6.07, 6.45) is 3.16. The molecule has 1 atom stereocenters. The third-order valence-electron chi connectivity index (χ3n) is 2.76. The van der Waals surface area contributed by atoms with Gasteiger partial charge in [-0.25, -0.2) is 4.98 Å². The van der Waals surface area contributed by atoms with Gasteiger partial charge in [0.05, 0.1) is 24.8 Å². The molecule has 1 rings (SSSR count). The molecule has 90 valence electrons. The Balaban J connectivity index is 2.85. The molecular weight excluding hydrogens is 206 g/mol. The Hall–Kier alpha value is -1.36. The van der Waals surface area contributed by atoms with Gasteiger partial charge in [-0.2, -0.15) is 0 Å². The predicted molar refractivity (Wildman–Crippen MR) is 60.8 cm³/mol. The third kappa shape index (κ3) is 2.41. The molecule has 1 heterocycles. The number of rotatable bonds is 5. The first-order valence-electron chi connectivity index (χ1n) is 5.56. The van der Waals surface area contributed by atoms with Crippen molar-refractivity contribution in [1.29, 1.82) is 0 Å². The van der Waals surface area contributed by atoms with Crippen molar-refractivity contribution in [2.24, 2.45) is 0 Å². The van der Waals surface area contributed by atoms with E-state index in [1.807, 2.05) is 20.8 Å². The highest BCUT2D eigenvalue weighted by molar-refractivity contribution is 5.80. The van der Waals surface area contributed by atoms with Crippen molar-refractivity contribution in [2.45, 2.75) is 33.4 Å². The van der Waals surface area contributed by atoms with Gasteiger partial charge in [0.1, 0.15) is 6.04 Å². The molecule has 0 spiro atoms. The lowest BCUT2D eigenvalue weighted by atomic mass is 10.2. The highest BCUT2D eigenvalue weighted by Crippen LogP contribution is 2.13. The van der Waals surface area contributed by atoms with Gasteiger partial charge in [0.15, 0.2) is 0 Å². The van der Waals surface area contributed by atoms with Crippen molar-refractivity contribution in [2.75, 3.05) is 13.1 Å². The molecule has 0 bridgehead atoms. The van der Waals surface area contributed by atoms with Crippen LogP contribution in [0.5, 0.6) is 0 Å². The van der Waals surface area contributed by atoms with Gasteiger partial charge in [-0.15, -0.1) is 0 Å². The van der Waals surface area contributed by atoms with E-state index in [0.29, 0.717) is 18.8 Å². The minimum absolute atomic E-state index is 0.0534. The molecule has 0 radical (unpaired) electrons. The van der Waals surface area contributed by atoms with Crippen LogP contribution in [0.3, 0.4) is 0 Å². The van der Waals surface area contributed by atoms with E-state index in [9.17, 15) is 4.79 Å². The average Bonchev–Trinajstić information content (AvgIpc) is 2.77. The van der Waals surface area contributed by atoms with Crippen LogP contribution in [0.4, 0.5) is 0 Å². The summed E-state index contributed by atoms with van der Waals surface area (Å²) in [7, 11) is 0. The minimum atomic E-state index is -0.315. The minimum Gasteiger partial charge on any atom is -0.390 e. The van der Waals surface area contributed by atoms with Crippen molar-refractivity contribution in [3.63, 3.8) is 0 Å². The Morgan fingerprint density at radius 3 is 2.69 bits per heavy atom. The first-order valence-corrected chi connectivity index (χ1v) is 5.56. The summed E-state index contributed by atoms with van der Waals surface area (Å²) >= 11 is 0. The number of nitrogens with zero attached hydrogens (tertiary/aromatic N) is 3. The summed E-state index contributed by atoms with van der Waals surface area (Å²) in [4.78, 5) is 17.8. The third-order valence-corrected chi connectivity index (χ3v) is 2.76. The lowest BCUT2D eigenvalue weighted by Crippen LogP contribution is -2.36. The molecule has 1 unspecified atom stereocenters. The van der Waals surface area contributed by atoms with Crippen molar-refractivity contribution in [1.82, 2.24) is 14.5 Å². The topological polar surface area (TPSA) is 58.4 Å². The Morgan fingerprint density at radius 1 is 1.56 bits per heavy atom. The first kappa shape index (κ1) is 12.7. The normalized spacial score (nSPS) is 12.5. The molecule has 0 aliphatic heterocycles. The Bertz CT molecular complexity index is 345. The van der Waals surface area contributed by atoms with E-state index >= 15 is 0 Å². The van der Waals surface area contributed by atoms with Crippen LogP contribution >= 0.6 is 0 Å². The Labute approximate surface area is 95.7 Å². The predicted octanol–water partition coefficient (Wildman–Crippen LogP) is 0.805. The van der Waals surface area contributed by atoms with E-state index in [4.69, 9.17) is 5.11 Å². The van der Waals surface area contributed by atoms with Gasteiger partial charge < -0.3 is 14.6 Å². The van der Waals surface area contributed by atoms with Gasteiger partial charge in [0, 0.05) is 13.1 Å². The zero-order valence-electron chi connectivity index (χ0n) is 10.1. The molecule has 1 N–H and O–H groups in total. The first-order chi connectivity index (χ1) is 7.65. The lowest BCUT2D eigenvalue weighted by Gasteiger charge is -2.24. The average molecular weight is 225 g/mol. The number of aliphatic hydroxyl groups excluding tert-OH is 1. The molecule has 0 aliphatic carbocycles. The molecule has 0 saturated carbocycles. The molecule has 0 fully saturated rings. The monoisotopic (exact) mass is 225 g/mol. The van der Waals surface area contributed by atoms with Gasteiger partial charge in [0.25, 0.3) is 0 Å². The van der Waals surface area contributed by atoms with Crippen molar-refractivity contribution < 1.29 is 9.90 Å². The molecule has 1 amide bonds. The van der Waals surface area contributed by atoms with E-state index in [1.54, 1.807) is 22.0 Å². The van der Waals surface area contributed by atoms with Crippen LogP contribution in [-0.2, 0) is 11.4 Å². The molecular formula is C11H19N3O2. The standard InChI is InChI=1S/C11H19N3O2/c1-4-13(5-2)11(16)9(3)14-8-12-6-10(14)7-15/h6,8-9,15H,4-5,7H2,1-3H3. The Morgan fingerprint density at radius 2 is 2.19 bits per heavy atom. The highest BCUT2D eigenvalue weighted by atomic mass is 16.3. The molecule has 5 heteroatoms. The fourth-order valence-electron chi connectivity index (χ4n) is 1.72. The molecule has 1 aromatic rings. The smallest absolute Gasteiger partial charge is 0.245 e. The second-order valence-corrected chi connectivity index (χ2v) is 3.64. The molecule has 0 aliphatic rings. The second-order valence-electron chi connectivity index (χ2n) is 3.64. The van der Waals surface area contributed by atoms with Crippen LogP contribution in [0.1, 0.15) is 32.5 Å². The summed E-state index contributed by atoms with van der Waals surface area (Å²) in [5.41, 5.74) is 0.660. The van der Waals surface area contributed by atoms with Crippen LogP contribution in [-0.4, -0.2) is 38.6 Å². The highest BCUT2D eigenvalue weighted by Gasteiger charge is 2.21. The maximum Gasteiger partial charge on any atom is 0.245 e. The van der Waals surface area contributed by atoms with E-state index < -0.39 is 0 Å². The maximum atomic E-state index is 12.1. The summed E-state index contributed by atoms with van der Waals surface area (Å²) in [6.45, 7) is 7.02. The molecule has 0 saturated heterocycles. The molecule has 16 heavy (non-hydrogen) atoms.